The van der Waals surface area contributed by atoms with Crippen molar-refractivity contribution >= 4 is 23.6 Å². The van der Waals surface area contributed by atoms with Gasteiger partial charge in [0.05, 0.1) is 16.8 Å². The molecular formula is C21H16F4N6O. The Hall–Kier alpha value is -3.76. The topological polar surface area (TPSA) is 89.9 Å². The van der Waals surface area contributed by atoms with E-state index < -0.39 is 23.5 Å². The number of benzene rings is 1. The first-order valence-electron chi connectivity index (χ1n) is 9.73. The van der Waals surface area contributed by atoms with Crippen LogP contribution in [0.4, 0.5) is 23.5 Å². The van der Waals surface area contributed by atoms with Gasteiger partial charge in [-0.15, -0.1) is 0 Å². The van der Waals surface area contributed by atoms with Crippen LogP contribution in [0.3, 0.4) is 0 Å². The lowest BCUT2D eigenvalue weighted by atomic mass is 10.0. The molecule has 0 bridgehead atoms. The number of amides is 1. The summed E-state index contributed by atoms with van der Waals surface area (Å²) >= 11 is 0. The summed E-state index contributed by atoms with van der Waals surface area (Å²) in [4.78, 5) is 23.2. The minimum absolute atomic E-state index is 0.131. The van der Waals surface area contributed by atoms with Crippen molar-refractivity contribution in [2.75, 3.05) is 5.73 Å². The number of anilines is 1. The molecule has 5 rings (SSSR count). The van der Waals surface area contributed by atoms with Crippen LogP contribution in [0.2, 0.25) is 0 Å². The van der Waals surface area contributed by atoms with Crippen molar-refractivity contribution in [3.63, 3.8) is 0 Å². The molecule has 1 amide bonds. The highest BCUT2D eigenvalue weighted by molar-refractivity contribution is 6.14. The normalized spacial score (nSPS) is 17.3. The summed E-state index contributed by atoms with van der Waals surface area (Å²) in [6.07, 6.45) is -0.501. The van der Waals surface area contributed by atoms with E-state index in [1.165, 1.54) is 15.7 Å². The zero-order valence-electron chi connectivity index (χ0n) is 16.7. The fourth-order valence-electron chi connectivity index (χ4n) is 3.82. The van der Waals surface area contributed by atoms with Crippen LogP contribution in [-0.2, 0) is 13.2 Å². The zero-order valence-corrected chi connectivity index (χ0v) is 16.7. The predicted molar refractivity (Wildman–Crippen MR) is 107 cm³/mol. The van der Waals surface area contributed by atoms with Gasteiger partial charge >= 0.3 is 6.18 Å². The first-order valence-corrected chi connectivity index (χ1v) is 9.73. The molecule has 1 aromatic carbocycles. The van der Waals surface area contributed by atoms with Gasteiger partial charge in [-0.2, -0.15) is 18.3 Å². The number of aromatic nitrogens is 4. The molecule has 1 aliphatic heterocycles. The van der Waals surface area contributed by atoms with Crippen molar-refractivity contribution < 1.29 is 22.4 Å². The molecule has 2 aromatic heterocycles. The maximum Gasteiger partial charge on any atom is 0.417 e. The molecule has 11 heteroatoms. The van der Waals surface area contributed by atoms with Crippen molar-refractivity contribution in [1.82, 2.24) is 24.6 Å². The summed E-state index contributed by atoms with van der Waals surface area (Å²) in [5.74, 6) is -1.58. The van der Waals surface area contributed by atoms with Crippen LogP contribution >= 0.6 is 0 Å². The average Bonchev–Trinajstić information content (AvgIpc) is 3.39. The Kier molecular flexibility index (Phi) is 4.33. The molecule has 2 aliphatic rings. The standard InChI is InChI=1S/C21H16F4N6O/c1-30-7-6-14(29-30)17-16-18(28-20(26)27-17)15(31(19(16)32)12-4-5-12)8-10-2-3-11(22)9-13(10)21(23,24)25/h2-3,6-9,12H,4-5H2,1H3,(H2,26,27,28)/b15-8+. The molecule has 0 unspecified atom stereocenters. The van der Waals surface area contributed by atoms with Crippen molar-refractivity contribution in [2.45, 2.75) is 25.1 Å². The Morgan fingerprint density at radius 3 is 2.50 bits per heavy atom. The van der Waals surface area contributed by atoms with Gasteiger partial charge in [-0.3, -0.25) is 9.48 Å². The number of halogens is 4. The third kappa shape index (κ3) is 3.29. The average molecular weight is 444 g/mol. The highest BCUT2D eigenvalue weighted by Gasteiger charge is 2.45. The number of nitrogens with zero attached hydrogens (tertiary/aromatic N) is 5. The molecule has 0 radical (unpaired) electrons. The van der Waals surface area contributed by atoms with Crippen molar-refractivity contribution in [2.24, 2.45) is 7.05 Å². The molecule has 1 saturated carbocycles. The van der Waals surface area contributed by atoms with Crippen molar-refractivity contribution in [3.05, 3.63) is 58.7 Å². The minimum Gasteiger partial charge on any atom is -0.368 e. The molecule has 3 heterocycles. The van der Waals surface area contributed by atoms with Crippen LogP contribution in [0.1, 0.15) is 40.0 Å². The molecule has 1 fully saturated rings. The van der Waals surface area contributed by atoms with Gasteiger partial charge in [-0.05, 0) is 42.7 Å². The van der Waals surface area contributed by atoms with Gasteiger partial charge < -0.3 is 10.6 Å². The Morgan fingerprint density at radius 2 is 1.88 bits per heavy atom. The minimum atomic E-state index is -4.78. The van der Waals surface area contributed by atoms with Gasteiger partial charge in [0.2, 0.25) is 5.95 Å². The summed E-state index contributed by atoms with van der Waals surface area (Å²) in [5.41, 5.74) is 5.50. The second-order valence-electron chi connectivity index (χ2n) is 7.69. The second kappa shape index (κ2) is 6.87. The Bertz CT molecular complexity index is 1290. The summed E-state index contributed by atoms with van der Waals surface area (Å²) in [6, 6.07) is 3.88. The van der Waals surface area contributed by atoms with E-state index >= 15 is 0 Å². The maximum atomic E-state index is 13.6. The largest absolute Gasteiger partial charge is 0.417 e. The molecule has 0 saturated heterocycles. The quantitative estimate of drug-likeness (QED) is 0.622. The fourth-order valence-corrected chi connectivity index (χ4v) is 3.82. The van der Waals surface area contributed by atoms with Crippen molar-refractivity contribution in [1.29, 1.82) is 0 Å². The van der Waals surface area contributed by atoms with E-state index in [4.69, 9.17) is 5.73 Å². The van der Waals surface area contributed by atoms with Gasteiger partial charge in [-0.25, -0.2) is 14.4 Å². The molecule has 164 valence electrons. The number of alkyl halides is 3. The fraction of sp³-hybridized carbons (Fsp3) is 0.238. The van der Waals surface area contributed by atoms with Gasteiger partial charge in [0.15, 0.2) is 0 Å². The number of hydrogen-bond donors (Lipinski definition) is 1. The Balaban J connectivity index is 1.75. The van der Waals surface area contributed by atoms with E-state index in [0.717, 1.165) is 12.1 Å². The molecule has 1 aliphatic carbocycles. The molecule has 0 spiro atoms. The van der Waals surface area contributed by atoms with Crippen LogP contribution in [-0.4, -0.2) is 36.6 Å². The van der Waals surface area contributed by atoms with Gasteiger partial charge in [0, 0.05) is 19.3 Å². The van der Waals surface area contributed by atoms with Crippen LogP contribution in [0, 0.1) is 5.82 Å². The number of hydrogen-bond acceptors (Lipinski definition) is 5. The summed E-state index contributed by atoms with van der Waals surface area (Å²) in [5, 5.41) is 4.27. The number of fused-ring (bicyclic) bond motifs is 1. The number of nitrogen functional groups attached to an aromatic ring is 1. The van der Waals surface area contributed by atoms with Crippen LogP contribution < -0.4 is 5.73 Å². The number of carbonyl (C=O) groups excluding carboxylic acids is 1. The summed E-state index contributed by atoms with van der Waals surface area (Å²) in [7, 11) is 1.70. The van der Waals surface area contributed by atoms with E-state index in [0.29, 0.717) is 24.6 Å². The van der Waals surface area contributed by atoms with E-state index in [1.54, 1.807) is 19.3 Å². The number of carbonyl (C=O) groups is 1. The smallest absolute Gasteiger partial charge is 0.368 e. The van der Waals surface area contributed by atoms with Gasteiger partial charge in [-0.1, -0.05) is 6.07 Å². The Labute approximate surface area is 179 Å². The lowest BCUT2D eigenvalue weighted by molar-refractivity contribution is -0.137. The first kappa shape index (κ1) is 20.2. The van der Waals surface area contributed by atoms with Crippen molar-refractivity contribution in [3.8, 4) is 11.4 Å². The van der Waals surface area contributed by atoms with Crippen LogP contribution in [0.25, 0.3) is 23.2 Å². The van der Waals surface area contributed by atoms with Gasteiger partial charge in [0.1, 0.15) is 22.9 Å². The van der Waals surface area contributed by atoms with E-state index in [9.17, 15) is 22.4 Å². The first-order chi connectivity index (χ1) is 15.1. The number of aryl methyl sites for hydroxylation is 1. The third-order valence-electron chi connectivity index (χ3n) is 5.34. The van der Waals surface area contributed by atoms with E-state index in [2.05, 4.69) is 15.1 Å². The predicted octanol–water partition coefficient (Wildman–Crippen LogP) is 3.73. The zero-order chi connectivity index (χ0) is 22.8. The third-order valence-corrected chi connectivity index (χ3v) is 5.34. The SMILES string of the molecule is Cn1ccc(-c2nc(N)nc3c2C(=O)N(C2CC2)/C3=C/c2ccc(F)cc2C(F)(F)F)n1. The highest BCUT2D eigenvalue weighted by Crippen LogP contribution is 2.45. The summed E-state index contributed by atoms with van der Waals surface area (Å²) in [6.45, 7) is 0. The molecular weight excluding hydrogens is 428 g/mol. The van der Waals surface area contributed by atoms with E-state index in [1.807, 2.05) is 0 Å². The second-order valence-corrected chi connectivity index (χ2v) is 7.69. The van der Waals surface area contributed by atoms with E-state index in [-0.39, 0.29) is 40.2 Å². The highest BCUT2D eigenvalue weighted by atomic mass is 19.4. The maximum absolute atomic E-state index is 13.6. The monoisotopic (exact) mass is 444 g/mol. The van der Waals surface area contributed by atoms with Crippen LogP contribution in [0.15, 0.2) is 30.5 Å². The van der Waals surface area contributed by atoms with Crippen LogP contribution in [0.5, 0.6) is 0 Å². The molecule has 7 nitrogen and oxygen atoms in total. The molecule has 0 atom stereocenters. The number of rotatable bonds is 3. The molecule has 3 aromatic rings. The van der Waals surface area contributed by atoms with Gasteiger partial charge in [0.25, 0.3) is 5.91 Å². The number of nitrogens with two attached hydrogens (primary N) is 1. The Morgan fingerprint density at radius 1 is 1.16 bits per heavy atom. The lowest BCUT2D eigenvalue weighted by Crippen LogP contribution is -2.25. The lowest BCUT2D eigenvalue weighted by Gasteiger charge is -2.18. The molecule has 32 heavy (non-hydrogen) atoms. The summed E-state index contributed by atoms with van der Waals surface area (Å²) < 4.78 is 55.8. The molecule has 2 N–H and O–H groups in total.